The SMILES string of the molecule is CC(C)c1cc(OCc2cccnc2)cc2cc(C(=O)O)n(C)c12. The summed E-state index contributed by atoms with van der Waals surface area (Å²) in [5, 5.41) is 10.2. The van der Waals surface area contributed by atoms with Gasteiger partial charge in [0.15, 0.2) is 0 Å². The Hall–Kier alpha value is -2.82. The molecule has 5 heteroatoms. The largest absolute Gasteiger partial charge is 0.489 e. The molecule has 0 fully saturated rings. The van der Waals surface area contributed by atoms with Crippen LogP contribution in [0.3, 0.4) is 0 Å². The van der Waals surface area contributed by atoms with Crippen molar-refractivity contribution in [2.75, 3.05) is 0 Å². The fraction of sp³-hybridized carbons (Fsp3) is 0.263. The smallest absolute Gasteiger partial charge is 0.352 e. The Morgan fingerprint density at radius 2 is 2.12 bits per heavy atom. The van der Waals surface area contributed by atoms with E-state index in [4.69, 9.17) is 4.74 Å². The van der Waals surface area contributed by atoms with Crippen molar-refractivity contribution < 1.29 is 14.6 Å². The van der Waals surface area contributed by atoms with Crippen molar-refractivity contribution in [1.82, 2.24) is 9.55 Å². The molecular formula is C19H20N2O3. The number of nitrogens with zero attached hydrogens (tertiary/aromatic N) is 2. The van der Waals surface area contributed by atoms with E-state index < -0.39 is 5.97 Å². The highest BCUT2D eigenvalue weighted by molar-refractivity contribution is 5.96. The van der Waals surface area contributed by atoms with E-state index in [0.29, 0.717) is 6.61 Å². The number of aryl methyl sites for hydroxylation is 1. The lowest BCUT2D eigenvalue weighted by molar-refractivity contribution is 0.0687. The van der Waals surface area contributed by atoms with Gasteiger partial charge in [0.2, 0.25) is 0 Å². The molecule has 0 saturated carbocycles. The molecule has 2 aromatic heterocycles. The molecule has 0 spiro atoms. The summed E-state index contributed by atoms with van der Waals surface area (Å²) in [6, 6.07) is 9.41. The fourth-order valence-corrected chi connectivity index (χ4v) is 2.89. The van der Waals surface area contributed by atoms with Gasteiger partial charge in [-0.25, -0.2) is 4.79 Å². The van der Waals surface area contributed by atoms with Gasteiger partial charge in [-0.3, -0.25) is 4.98 Å². The van der Waals surface area contributed by atoms with Gasteiger partial charge in [0.05, 0.1) is 5.52 Å². The van der Waals surface area contributed by atoms with Crippen LogP contribution in [-0.4, -0.2) is 20.6 Å². The Morgan fingerprint density at radius 3 is 2.75 bits per heavy atom. The predicted molar refractivity (Wildman–Crippen MR) is 92.5 cm³/mol. The minimum atomic E-state index is -0.929. The first kappa shape index (κ1) is 16.1. The lowest BCUT2D eigenvalue weighted by atomic mass is 10.00. The molecule has 0 unspecified atom stereocenters. The average molecular weight is 324 g/mol. The first-order valence-corrected chi connectivity index (χ1v) is 7.85. The molecule has 3 aromatic rings. The zero-order chi connectivity index (χ0) is 17.3. The number of carbonyl (C=O) groups is 1. The highest BCUT2D eigenvalue weighted by Crippen LogP contribution is 2.32. The van der Waals surface area contributed by atoms with Crippen molar-refractivity contribution in [3.8, 4) is 5.75 Å². The first-order chi connectivity index (χ1) is 11.5. The topological polar surface area (TPSA) is 64.3 Å². The molecule has 1 N–H and O–H groups in total. The second-order valence-electron chi connectivity index (χ2n) is 6.15. The zero-order valence-electron chi connectivity index (χ0n) is 14.0. The normalized spacial score (nSPS) is 11.2. The Balaban J connectivity index is 2.02. The number of carboxylic acid groups (broad SMARTS) is 1. The van der Waals surface area contributed by atoms with Gasteiger partial charge < -0.3 is 14.4 Å². The highest BCUT2D eigenvalue weighted by atomic mass is 16.5. The minimum absolute atomic E-state index is 0.254. The molecule has 0 amide bonds. The molecule has 0 aliphatic heterocycles. The van der Waals surface area contributed by atoms with E-state index >= 15 is 0 Å². The summed E-state index contributed by atoms with van der Waals surface area (Å²) in [4.78, 5) is 15.5. The number of aromatic carboxylic acids is 1. The van der Waals surface area contributed by atoms with Crippen molar-refractivity contribution in [3.63, 3.8) is 0 Å². The predicted octanol–water partition coefficient (Wildman–Crippen LogP) is 3.97. The van der Waals surface area contributed by atoms with E-state index in [2.05, 4.69) is 18.8 Å². The molecule has 24 heavy (non-hydrogen) atoms. The average Bonchev–Trinajstić information content (AvgIpc) is 2.90. The molecule has 1 aromatic carbocycles. The molecule has 0 saturated heterocycles. The van der Waals surface area contributed by atoms with Gasteiger partial charge in [-0.2, -0.15) is 0 Å². The quantitative estimate of drug-likeness (QED) is 0.771. The molecule has 0 atom stereocenters. The number of hydrogen-bond acceptors (Lipinski definition) is 3. The third-order valence-electron chi connectivity index (χ3n) is 4.10. The van der Waals surface area contributed by atoms with Crippen LogP contribution in [0.2, 0.25) is 0 Å². The van der Waals surface area contributed by atoms with Gasteiger partial charge >= 0.3 is 5.97 Å². The number of hydrogen-bond donors (Lipinski definition) is 1. The Morgan fingerprint density at radius 1 is 1.33 bits per heavy atom. The Kier molecular flexibility index (Phi) is 4.25. The monoisotopic (exact) mass is 324 g/mol. The summed E-state index contributed by atoms with van der Waals surface area (Å²) in [7, 11) is 1.79. The van der Waals surface area contributed by atoms with E-state index in [1.165, 1.54) is 0 Å². The highest BCUT2D eigenvalue weighted by Gasteiger charge is 2.17. The Labute approximate surface area is 140 Å². The molecule has 2 heterocycles. The van der Waals surface area contributed by atoms with E-state index in [1.54, 1.807) is 30.1 Å². The second-order valence-corrected chi connectivity index (χ2v) is 6.15. The van der Waals surface area contributed by atoms with Crippen molar-refractivity contribution in [2.24, 2.45) is 7.05 Å². The molecule has 0 bridgehead atoms. The molecule has 0 aliphatic carbocycles. The van der Waals surface area contributed by atoms with Gasteiger partial charge in [-0.1, -0.05) is 19.9 Å². The molecule has 124 valence electrons. The number of ether oxygens (including phenoxy) is 1. The van der Waals surface area contributed by atoms with Gasteiger partial charge in [-0.15, -0.1) is 0 Å². The summed E-state index contributed by atoms with van der Waals surface area (Å²) >= 11 is 0. The summed E-state index contributed by atoms with van der Waals surface area (Å²) in [5.74, 6) is 0.0588. The molecule has 0 aliphatic rings. The van der Waals surface area contributed by atoms with Crippen LogP contribution >= 0.6 is 0 Å². The van der Waals surface area contributed by atoms with Crippen LogP contribution in [0.15, 0.2) is 42.7 Å². The van der Waals surface area contributed by atoms with Gasteiger partial charge in [0, 0.05) is 30.4 Å². The van der Waals surface area contributed by atoms with Crippen molar-refractivity contribution in [1.29, 1.82) is 0 Å². The van der Waals surface area contributed by atoms with Crippen LogP contribution < -0.4 is 4.74 Å². The number of fused-ring (bicyclic) bond motifs is 1. The van der Waals surface area contributed by atoms with Crippen LogP contribution in [0.25, 0.3) is 10.9 Å². The first-order valence-electron chi connectivity index (χ1n) is 7.85. The third kappa shape index (κ3) is 2.97. The fourth-order valence-electron chi connectivity index (χ4n) is 2.89. The van der Waals surface area contributed by atoms with Gasteiger partial charge in [-0.05, 0) is 35.7 Å². The molecule has 0 radical (unpaired) electrons. The van der Waals surface area contributed by atoms with E-state index in [9.17, 15) is 9.90 Å². The maximum Gasteiger partial charge on any atom is 0.352 e. The maximum atomic E-state index is 11.4. The van der Waals surface area contributed by atoms with Crippen molar-refractivity contribution in [3.05, 3.63) is 59.5 Å². The number of carboxylic acids is 1. The van der Waals surface area contributed by atoms with Crippen LogP contribution in [0, 0.1) is 0 Å². The summed E-state index contributed by atoms with van der Waals surface area (Å²) < 4.78 is 7.64. The summed E-state index contributed by atoms with van der Waals surface area (Å²) in [5.41, 5.74) is 3.28. The zero-order valence-corrected chi connectivity index (χ0v) is 14.0. The van der Waals surface area contributed by atoms with E-state index in [0.717, 1.165) is 27.8 Å². The van der Waals surface area contributed by atoms with Crippen molar-refractivity contribution in [2.45, 2.75) is 26.4 Å². The minimum Gasteiger partial charge on any atom is -0.489 e. The van der Waals surface area contributed by atoms with Gasteiger partial charge in [0.25, 0.3) is 0 Å². The third-order valence-corrected chi connectivity index (χ3v) is 4.10. The van der Waals surface area contributed by atoms with Crippen molar-refractivity contribution >= 4 is 16.9 Å². The van der Waals surface area contributed by atoms with Crippen LogP contribution in [0.4, 0.5) is 0 Å². The van der Waals surface area contributed by atoms with Crippen LogP contribution in [-0.2, 0) is 13.7 Å². The summed E-state index contributed by atoms with van der Waals surface area (Å²) in [6.07, 6.45) is 3.50. The molecule has 5 nitrogen and oxygen atoms in total. The molecule has 3 rings (SSSR count). The number of aromatic nitrogens is 2. The molecular weight excluding hydrogens is 304 g/mol. The Bertz CT molecular complexity index is 883. The number of benzene rings is 1. The van der Waals surface area contributed by atoms with E-state index in [1.807, 2.05) is 24.3 Å². The standard InChI is InChI=1S/C19H20N2O3/c1-12(2)16-9-15(24-11-13-5-4-6-20-10-13)7-14-8-17(19(22)23)21(3)18(14)16/h4-10,12H,11H2,1-3H3,(H,22,23). The van der Waals surface area contributed by atoms with Crippen LogP contribution in [0.1, 0.15) is 41.4 Å². The summed E-state index contributed by atoms with van der Waals surface area (Å²) in [6.45, 7) is 4.61. The number of pyridine rings is 1. The maximum absolute atomic E-state index is 11.4. The second kappa shape index (κ2) is 6.35. The lowest BCUT2D eigenvalue weighted by Crippen LogP contribution is -2.05. The van der Waals surface area contributed by atoms with Crippen LogP contribution in [0.5, 0.6) is 5.75 Å². The van der Waals surface area contributed by atoms with E-state index in [-0.39, 0.29) is 11.6 Å². The lowest BCUT2D eigenvalue weighted by Gasteiger charge is -2.14. The van der Waals surface area contributed by atoms with Gasteiger partial charge in [0.1, 0.15) is 18.1 Å². The number of rotatable bonds is 5.